The first kappa shape index (κ1) is 10.2. The molecule has 1 saturated carbocycles. The maximum Gasteiger partial charge on any atom is 0.214 e. The van der Waals surface area contributed by atoms with Gasteiger partial charge in [0.15, 0.2) is 0 Å². The highest BCUT2D eigenvalue weighted by molar-refractivity contribution is 6.00. The molecule has 4 heteroatoms. The van der Waals surface area contributed by atoms with Crippen LogP contribution in [0.25, 0.3) is 0 Å². The van der Waals surface area contributed by atoms with E-state index in [4.69, 9.17) is 4.74 Å². The zero-order valence-corrected chi connectivity index (χ0v) is 8.77. The van der Waals surface area contributed by atoms with Crippen molar-refractivity contribution in [1.82, 2.24) is 9.97 Å². The van der Waals surface area contributed by atoms with Crippen molar-refractivity contribution in [2.75, 3.05) is 7.11 Å². The number of carbonyl (C=O) groups is 1. The molecule has 1 aliphatic rings. The Morgan fingerprint density at radius 2 is 2.13 bits per heavy atom. The van der Waals surface area contributed by atoms with E-state index in [0.717, 1.165) is 25.7 Å². The molecule has 80 valence electrons. The Labute approximate surface area is 88.7 Å². The van der Waals surface area contributed by atoms with Gasteiger partial charge in [0.2, 0.25) is 5.78 Å². The molecule has 2 rings (SSSR count). The molecule has 0 amide bonds. The summed E-state index contributed by atoms with van der Waals surface area (Å²) in [6, 6.07) is 0. The second kappa shape index (κ2) is 4.06. The summed E-state index contributed by atoms with van der Waals surface area (Å²) >= 11 is 0. The first-order valence-corrected chi connectivity index (χ1v) is 5.14. The molecule has 4 nitrogen and oxygen atoms in total. The first-order valence-electron chi connectivity index (χ1n) is 5.14. The van der Waals surface area contributed by atoms with Gasteiger partial charge in [-0.25, -0.2) is 4.98 Å². The van der Waals surface area contributed by atoms with Crippen LogP contribution in [0.2, 0.25) is 0 Å². The van der Waals surface area contributed by atoms with Gasteiger partial charge in [-0.2, -0.15) is 0 Å². The molecule has 0 bridgehead atoms. The summed E-state index contributed by atoms with van der Waals surface area (Å²) in [4.78, 5) is 20.1. The van der Waals surface area contributed by atoms with Gasteiger partial charge < -0.3 is 4.74 Å². The number of nitrogens with zero attached hydrogens (tertiary/aromatic N) is 2. The minimum Gasteiger partial charge on any atom is -0.370 e. The Kier molecular flexibility index (Phi) is 2.77. The first-order chi connectivity index (χ1) is 7.28. The molecule has 1 heterocycles. The summed E-state index contributed by atoms with van der Waals surface area (Å²) < 4.78 is 5.40. The average molecular weight is 206 g/mol. The highest BCUT2D eigenvalue weighted by Gasteiger charge is 2.42. The Hall–Kier alpha value is -1.29. The fourth-order valence-electron chi connectivity index (χ4n) is 2.12. The molecule has 0 atom stereocenters. The Morgan fingerprint density at radius 3 is 2.67 bits per heavy atom. The van der Waals surface area contributed by atoms with E-state index in [2.05, 4.69) is 9.97 Å². The van der Waals surface area contributed by atoms with Crippen LogP contribution in [-0.4, -0.2) is 28.5 Å². The topological polar surface area (TPSA) is 52.1 Å². The Balaban J connectivity index is 2.27. The number of aromatic nitrogens is 2. The van der Waals surface area contributed by atoms with E-state index >= 15 is 0 Å². The second-order valence-corrected chi connectivity index (χ2v) is 3.83. The van der Waals surface area contributed by atoms with Gasteiger partial charge in [-0.15, -0.1) is 0 Å². The summed E-state index contributed by atoms with van der Waals surface area (Å²) in [6.45, 7) is 0. The molecule has 15 heavy (non-hydrogen) atoms. The molecular weight excluding hydrogens is 192 g/mol. The van der Waals surface area contributed by atoms with Gasteiger partial charge in [-0.1, -0.05) is 0 Å². The quantitative estimate of drug-likeness (QED) is 0.705. The van der Waals surface area contributed by atoms with Crippen molar-refractivity contribution in [2.45, 2.75) is 31.3 Å². The predicted octanol–water partition coefficient (Wildman–Crippen LogP) is 1.62. The SMILES string of the molecule is COC1(C(=O)c2cnccn2)CCCC1. The van der Waals surface area contributed by atoms with E-state index in [1.807, 2.05) is 0 Å². The van der Waals surface area contributed by atoms with E-state index in [-0.39, 0.29) is 5.78 Å². The van der Waals surface area contributed by atoms with E-state index < -0.39 is 5.60 Å². The highest BCUT2D eigenvalue weighted by atomic mass is 16.5. The molecule has 0 aromatic carbocycles. The predicted molar refractivity (Wildman–Crippen MR) is 54.6 cm³/mol. The van der Waals surface area contributed by atoms with Crippen molar-refractivity contribution >= 4 is 5.78 Å². The lowest BCUT2D eigenvalue weighted by molar-refractivity contribution is 0.00556. The van der Waals surface area contributed by atoms with Crippen LogP contribution in [0.3, 0.4) is 0 Å². The van der Waals surface area contributed by atoms with Crippen molar-refractivity contribution in [3.05, 3.63) is 24.3 Å². The number of methoxy groups -OCH3 is 1. The summed E-state index contributed by atoms with van der Waals surface area (Å²) in [7, 11) is 1.60. The number of hydrogen-bond acceptors (Lipinski definition) is 4. The monoisotopic (exact) mass is 206 g/mol. The molecule has 0 N–H and O–H groups in total. The van der Waals surface area contributed by atoms with Crippen molar-refractivity contribution in [2.24, 2.45) is 0 Å². The third-order valence-corrected chi connectivity index (χ3v) is 3.01. The molecule has 0 saturated heterocycles. The number of carbonyl (C=O) groups excluding carboxylic acids is 1. The summed E-state index contributed by atoms with van der Waals surface area (Å²) in [5.41, 5.74) is -0.239. The molecule has 1 fully saturated rings. The average Bonchev–Trinajstić information content (AvgIpc) is 2.79. The Morgan fingerprint density at radius 1 is 1.40 bits per heavy atom. The van der Waals surface area contributed by atoms with Crippen LogP contribution in [0.15, 0.2) is 18.6 Å². The smallest absolute Gasteiger partial charge is 0.214 e. The maximum absolute atomic E-state index is 12.2. The number of Topliss-reactive ketones (excluding diaryl/α,β-unsaturated/α-hetero) is 1. The van der Waals surface area contributed by atoms with Gasteiger partial charge in [0.25, 0.3) is 0 Å². The third kappa shape index (κ3) is 1.77. The van der Waals surface area contributed by atoms with Crippen LogP contribution in [0.1, 0.15) is 36.2 Å². The van der Waals surface area contributed by atoms with Gasteiger partial charge >= 0.3 is 0 Å². The van der Waals surface area contributed by atoms with Crippen molar-refractivity contribution in [3.63, 3.8) is 0 Å². The molecule has 0 radical (unpaired) electrons. The summed E-state index contributed by atoms with van der Waals surface area (Å²) in [6.07, 6.45) is 8.26. The van der Waals surface area contributed by atoms with E-state index in [1.54, 1.807) is 13.3 Å². The third-order valence-electron chi connectivity index (χ3n) is 3.01. The molecule has 1 aromatic heterocycles. The zero-order valence-electron chi connectivity index (χ0n) is 8.77. The number of ketones is 1. The van der Waals surface area contributed by atoms with Crippen LogP contribution < -0.4 is 0 Å². The number of ether oxygens (including phenoxy) is 1. The fourth-order valence-corrected chi connectivity index (χ4v) is 2.12. The zero-order chi connectivity index (χ0) is 10.7. The molecule has 0 aliphatic heterocycles. The maximum atomic E-state index is 12.2. The van der Waals surface area contributed by atoms with Gasteiger partial charge in [0.05, 0.1) is 6.20 Å². The van der Waals surface area contributed by atoms with Crippen LogP contribution >= 0.6 is 0 Å². The van der Waals surface area contributed by atoms with Crippen LogP contribution in [0.4, 0.5) is 0 Å². The largest absolute Gasteiger partial charge is 0.370 e. The van der Waals surface area contributed by atoms with Gasteiger partial charge in [0.1, 0.15) is 11.3 Å². The summed E-state index contributed by atoms with van der Waals surface area (Å²) in [5, 5.41) is 0. The van der Waals surface area contributed by atoms with Gasteiger partial charge in [-0.05, 0) is 25.7 Å². The fraction of sp³-hybridized carbons (Fsp3) is 0.545. The van der Waals surface area contributed by atoms with Gasteiger partial charge in [0, 0.05) is 19.5 Å². The molecule has 0 spiro atoms. The molecule has 0 unspecified atom stereocenters. The van der Waals surface area contributed by atoms with Crippen LogP contribution in [-0.2, 0) is 4.74 Å². The normalized spacial score (nSPS) is 19.0. The number of hydrogen-bond donors (Lipinski definition) is 0. The van der Waals surface area contributed by atoms with E-state index in [1.165, 1.54) is 12.4 Å². The van der Waals surface area contributed by atoms with E-state index in [9.17, 15) is 4.79 Å². The highest BCUT2D eigenvalue weighted by Crippen LogP contribution is 2.34. The van der Waals surface area contributed by atoms with Gasteiger partial charge in [-0.3, -0.25) is 9.78 Å². The summed E-state index contributed by atoms with van der Waals surface area (Å²) in [5.74, 6) is -0.0319. The van der Waals surface area contributed by atoms with Crippen LogP contribution in [0.5, 0.6) is 0 Å². The minimum absolute atomic E-state index is 0.0319. The lowest BCUT2D eigenvalue weighted by Crippen LogP contribution is -2.38. The standard InChI is InChI=1S/C11H14N2O2/c1-15-11(4-2-3-5-11)10(14)9-8-12-6-7-13-9/h6-8H,2-5H2,1H3. The Bertz CT molecular complexity index is 345. The molecule has 1 aromatic rings. The lowest BCUT2D eigenvalue weighted by Gasteiger charge is -2.24. The van der Waals surface area contributed by atoms with Crippen molar-refractivity contribution < 1.29 is 9.53 Å². The van der Waals surface area contributed by atoms with Crippen molar-refractivity contribution in [3.8, 4) is 0 Å². The lowest BCUT2D eigenvalue weighted by atomic mass is 9.94. The molecular formula is C11H14N2O2. The number of rotatable bonds is 3. The molecule has 1 aliphatic carbocycles. The second-order valence-electron chi connectivity index (χ2n) is 3.83. The van der Waals surface area contributed by atoms with Crippen LogP contribution in [0, 0.1) is 0 Å². The van der Waals surface area contributed by atoms with E-state index in [0.29, 0.717) is 5.69 Å². The minimum atomic E-state index is -0.643. The van der Waals surface area contributed by atoms with Crippen molar-refractivity contribution in [1.29, 1.82) is 0 Å².